The molecule has 0 aliphatic carbocycles. The van der Waals surface area contributed by atoms with Gasteiger partial charge in [0.25, 0.3) is 0 Å². The molecule has 0 spiro atoms. The van der Waals surface area contributed by atoms with Gasteiger partial charge in [-0.3, -0.25) is 11.3 Å². The van der Waals surface area contributed by atoms with E-state index < -0.39 is 0 Å². The van der Waals surface area contributed by atoms with Gasteiger partial charge in [-0.1, -0.05) is 18.2 Å². The Labute approximate surface area is 90.6 Å². The summed E-state index contributed by atoms with van der Waals surface area (Å²) in [4.78, 5) is 0. The van der Waals surface area contributed by atoms with Gasteiger partial charge in [0.2, 0.25) is 0 Å². The van der Waals surface area contributed by atoms with E-state index in [1.165, 1.54) is 0 Å². The van der Waals surface area contributed by atoms with Gasteiger partial charge in [0, 0.05) is 12.0 Å². The molecule has 3 N–H and O–H groups in total. The van der Waals surface area contributed by atoms with Crippen molar-refractivity contribution in [2.45, 2.75) is 19.4 Å². The van der Waals surface area contributed by atoms with Crippen LogP contribution in [0.25, 0.3) is 0 Å². The Balaban J connectivity index is 2.93. The van der Waals surface area contributed by atoms with Gasteiger partial charge in [-0.15, -0.1) is 11.8 Å². The Morgan fingerprint density at radius 3 is 2.80 bits per heavy atom. The Bertz CT molecular complexity index is 365. The van der Waals surface area contributed by atoms with Crippen LogP contribution in [-0.4, -0.2) is 7.11 Å². The predicted octanol–water partition coefficient (Wildman–Crippen LogP) is 1.61. The number of para-hydroxylation sites is 1. The molecule has 0 fully saturated rings. The number of nitrogens with two attached hydrogens (primary N) is 1. The van der Waals surface area contributed by atoms with E-state index in [0.29, 0.717) is 6.42 Å². The lowest BCUT2D eigenvalue weighted by molar-refractivity contribution is 0.400. The minimum absolute atomic E-state index is 0.00796. The molecule has 0 radical (unpaired) electrons. The number of hydrazine groups is 1. The fourth-order valence-corrected chi connectivity index (χ4v) is 1.42. The van der Waals surface area contributed by atoms with Gasteiger partial charge in [0.15, 0.2) is 0 Å². The van der Waals surface area contributed by atoms with E-state index in [-0.39, 0.29) is 6.04 Å². The topological polar surface area (TPSA) is 47.3 Å². The standard InChI is InChI=1S/C12H16N2O/c1-3-4-8-11(14-13)10-7-5-6-9-12(10)15-2/h5-7,9,11,14H,8,13H2,1-2H3. The zero-order chi connectivity index (χ0) is 11.1. The normalized spacial score (nSPS) is 11.4. The van der Waals surface area contributed by atoms with Gasteiger partial charge >= 0.3 is 0 Å². The summed E-state index contributed by atoms with van der Waals surface area (Å²) in [7, 11) is 1.65. The molecule has 1 aromatic carbocycles. The van der Waals surface area contributed by atoms with E-state index in [1.54, 1.807) is 7.11 Å². The molecule has 1 rings (SSSR count). The first-order chi connectivity index (χ1) is 7.33. The van der Waals surface area contributed by atoms with Crippen molar-refractivity contribution < 1.29 is 4.74 Å². The maximum Gasteiger partial charge on any atom is 0.123 e. The smallest absolute Gasteiger partial charge is 0.123 e. The van der Waals surface area contributed by atoms with Gasteiger partial charge < -0.3 is 4.74 Å². The van der Waals surface area contributed by atoms with Crippen LogP contribution in [0.5, 0.6) is 5.75 Å². The van der Waals surface area contributed by atoms with Crippen LogP contribution in [0.2, 0.25) is 0 Å². The molecule has 0 heterocycles. The van der Waals surface area contributed by atoms with Crippen molar-refractivity contribution in [3.05, 3.63) is 29.8 Å². The summed E-state index contributed by atoms with van der Waals surface area (Å²) in [5.41, 5.74) is 3.78. The van der Waals surface area contributed by atoms with Gasteiger partial charge in [-0.05, 0) is 13.0 Å². The zero-order valence-electron chi connectivity index (χ0n) is 9.08. The van der Waals surface area contributed by atoms with Crippen LogP contribution in [0.4, 0.5) is 0 Å². The summed E-state index contributed by atoms with van der Waals surface area (Å²) in [6, 6.07) is 7.80. The van der Waals surface area contributed by atoms with Crippen molar-refractivity contribution in [2.24, 2.45) is 5.84 Å². The maximum atomic E-state index is 5.50. The molecule has 3 heteroatoms. The van der Waals surface area contributed by atoms with Gasteiger partial charge in [-0.25, -0.2) is 0 Å². The molecule has 0 aliphatic heterocycles. The van der Waals surface area contributed by atoms with Crippen LogP contribution >= 0.6 is 0 Å². The molecular weight excluding hydrogens is 188 g/mol. The summed E-state index contributed by atoms with van der Waals surface area (Å²) in [6.07, 6.45) is 0.674. The summed E-state index contributed by atoms with van der Waals surface area (Å²) in [5, 5.41) is 0. The Kier molecular flexibility index (Phi) is 4.69. The fraction of sp³-hybridized carbons (Fsp3) is 0.333. The molecule has 0 saturated carbocycles. The highest BCUT2D eigenvalue weighted by Crippen LogP contribution is 2.25. The summed E-state index contributed by atoms with van der Waals surface area (Å²) in [6.45, 7) is 1.82. The molecule has 1 unspecified atom stereocenters. The van der Waals surface area contributed by atoms with Crippen molar-refractivity contribution >= 4 is 0 Å². The molecule has 0 amide bonds. The number of nitrogens with one attached hydrogen (secondary N) is 1. The first kappa shape index (κ1) is 11.6. The van der Waals surface area contributed by atoms with E-state index in [2.05, 4.69) is 17.3 Å². The molecule has 0 aromatic heterocycles. The van der Waals surface area contributed by atoms with Gasteiger partial charge in [0.1, 0.15) is 5.75 Å². The molecule has 15 heavy (non-hydrogen) atoms. The highest BCUT2D eigenvalue weighted by Gasteiger charge is 2.12. The number of ether oxygens (including phenoxy) is 1. The Morgan fingerprint density at radius 2 is 2.20 bits per heavy atom. The van der Waals surface area contributed by atoms with Crippen molar-refractivity contribution in [3.63, 3.8) is 0 Å². The second-order valence-electron chi connectivity index (χ2n) is 3.09. The molecule has 0 aliphatic rings. The Morgan fingerprint density at radius 1 is 1.47 bits per heavy atom. The van der Waals surface area contributed by atoms with Crippen LogP contribution in [0.3, 0.4) is 0 Å². The number of rotatable bonds is 4. The predicted molar refractivity (Wildman–Crippen MR) is 61.1 cm³/mol. The van der Waals surface area contributed by atoms with E-state index in [9.17, 15) is 0 Å². The van der Waals surface area contributed by atoms with E-state index in [1.807, 2.05) is 31.2 Å². The summed E-state index contributed by atoms with van der Waals surface area (Å²) in [5.74, 6) is 12.2. The summed E-state index contributed by atoms with van der Waals surface area (Å²) >= 11 is 0. The highest BCUT2D eigenvalue weighted by atomic mass is 16.5. The lowest BCUT2D eigenvalue weighted by atomic mass is 10.0. The average molecular weight is 204 g/mol. The molecule has 1 aromatic rings. The number of methoxy groups -OCH3 is 1. The third-order valence-corrected chi connectivity index (χ3v) is 2.20. The monoisotopic (exact) mass is 204 g/mol. The number of hydrogen-bond donors (Lipinski definition) is 2. The second-order valence-corrected chi connectivity index (χ2v) is 3.09. The van der Waals surface area contributed by atoms with Crippen LogP contribution < -0.4 is 16.0 Å². The molecule has 3 nitrogen and oxygen atoms in total. The first-order valence-electron chi connectivity index (χ1n) is 4.82. The second kappa shape index (κ2) is 6.07. The van der Waals surface area contributed by atoms with E-state index in [0.717, 1.165) is 11.3 Å². The third-order valence-electron chi connectivity index (χ3n) is 2.20. The first-order valence-corrected chi connectivity index (χ1v) is 4.82. The minimum Gasteiger partial charge on any atom is -0.496 e. The van der Waals surface area contributed by atoms with Gasteiger partial charge in [0.05, 0.1) is 13.2 Å². The van der Waals surface area contributed by atoms with Crippen LogP contribution in [0.15, 0.2) is 24.3 Å². The molecular formula is C12H16N2O. The van der Waals surface area contributed by atoms with Gasteiger partial charge in [-0.2, -0.15) is 0 Å². The van der Waals surface area contributed by atoms with Crippen molar-refractivity contribution in [3.8, 4) is 17.6 Å². The fourth-order valence-electron chi connectivity index (χ4n) is 1.42. The number of hydrogen-bond acceptors (Lipinski definition) is 3. The van der Waals surface area contributed by atoms with Crippen molar-refractivity contribution in [1.82, 2.24) is 5.43 Å². The SMILES string of the molecule is CC#CCC(NN)c1ccccc1OC. The zero-order valence-corrected chi connectivity index (χ0v) is 9.08. The lowest BCUT2D eigenvalue weighted by Gasteiger charge is -2.16. The Hall–Kier alpha value is -1.50. The maximum absolute atomic E-state index is 5.50. The van der Waals surface area contributed by atoms with Crippen molar-refractivity contribution in [2.75, 3.05) is 7.11 Å². The summed E-state index contributed by atoms with van der Waals surface area (Å²) < 4.78 is 5.26. The molecule has 0 bridgehead atoms. The largest absolute Gasteiger partial charge is 0.496 e. The highest BCUT2D eigenvalue weighted by molar-refractivity contribution is 5.36. The minimum atomic E-state index is 0.00796. The van der Waals surface area contributed by atoms with E-state index in [4.69, 9.17) is 10.6 Å². The third kappa shape index (κ3) is 2.98. The van der Waals surface area contributed by atoms with Crippen LogP contribution in [-0.2, 0) is 0 Å². The van der Waals surface area contributed by atoms with Crippen LogP contribution in [0.1, 0.15) is 24.9 Å². The number of benzene rings is 1. The van der Waals surface area contributed by atoms with E-state index >= 15 is 0 Å². The molecule has 0 saturated heterocycles. The molecule has 80 valence electrons. The lowest BCUT2D eigenvalue weighted by Crippen LogP contribution is -2.28. The van der Waals surface area contributed by atoms with Crippen LogP contribution in [0, 0.1) is 11.8 Å². The van der Waals surface area contributed by atoms with Crippen molar-refractivity contribution in [1.29, 1.82) is 0 Å². The molecule has 1 atom stereocenters. The quantitative estimate of drug-likeness (QED) is 0.445. The average Bonchev–Trinajstić information content (AvgIpc) is 2.30.